The highest BCUT2D eigenvalue weighted by Gasteiger charge is 2.53. The van der Waals surface area contributed by atoms with Gasteiger partial charge in [-0.1, -0.05) is 32.9 Å². The van der Waals surface area contributed by atoms with Gasteiger partial charge in [-0.05, 0) is 66.0 Å². The lowest BCUT2D eigenvalue weighted by atomic mass is 9.82. The van der Waals surface area contributed by atoms with Gasteiger partial charge in [-0.15, -0.1) is 0 Å². The van der Waals surface area contributed by atoms with Gasteiger partial charge in [0.15, 0.2) is 18.7 Å². The zero-order chi connectivity index (χ0) is 43.9. The van der Waals surface area contributed by atoms with Gasteiger partial charge >= 0.3 is 17.9 Å². The maximum absolute atomic E-state index is 13.3. The normalized spacial score (nSPS) is 42.4. The molecule has 59 heavy (non-hydrogen) atoms. The Hall–Kier alpha value is -2.58. The first-order valence-corrected chi connectivity index (χ1v) is 20.9. The highest BCUT2D eigenvalue weighted by Crippen LogP contribution is 2.38. The van der Waals surface area contributed by atoms with E-state index in [0.717, 1.165) is 0 Å². The topological polar surface area (TPSA) is 219 Å². The SMILES string of the molecule is COC1C(OC(C)=O)CC(=O)OC(C)CC2OC2C=CC(O)C(C)CC(CC=O)C1OC1OC(C)C(OC2CC(C)(O)C(OC(=O)CC(C)C)C(C)O2)C(N(C)C)C1O. The summed E-state index contributed by atoms with van der Waals surface area (Å²) in [6.07, 6.45) is -8.10. The minimum atomic E-state index is -1.50. The summed E-state index contributed by atoms with van der Waals surface area (Å²) in [6, 6.07) is -0.786. The maximum Gasteiger partial charge on any atom is 0.309 e. The molecular formula is C42H69NO16. The van der Waals surface area contributed by atoms with E-state index in [4.69, 9.17) is 42.6 Å². The van der Waals surface area contributed by atoms with Crippen LogP contribution in [-0.2, 0) is 61.8 Å². The number of rotatable bonds is 12. The number of carbonyl (C=O) groups excluding carboxylic acids is 4. The molecule has 0 saturated carbocycles. The number of aliphatic hydroxyl groups excluding tert-OH is 2. The van der Waals surface area contributed by atoms with E-state index in [2.05, 4.69) is 0 Å². The number of hydrogen-bond acceptors (Lipinski definition) is 17. The van der Waals surface area contributed by atoms with Crippen LogP contribution in [0.2, 0.25) is 0 Å². The smallest absolute Gasteiger partial charge is 0.309 e. The molecule has 4 rings (SSSR count). The molecule has 0 aromatic rings. The third-order valence-electron chi connectivity index (χ3n) is 11.6. The average molecular weight is 844 g/mol. The van der Waals surface area contributed by atoms with Gasteiger partial charge in [0.1, 0.15) is 48.5 Å². The Morgan fingerprint density at radius 2 is 1.68 bits per heavy atom. The Kier molecular flexibility index (Phi) is 17.9. The Morgan fingerprint density at radius 3 is 2.27 bits per heavy atom. The van der Waals surface area contributed by atoms with Crippen molar-refractivity contribution in [3.8, 4) is 0 Å². The van der Waals surface area contributed by atoms with Crippen molar-refractivity contribution >= 4 is 24.2 Å². The molecule has 0 aromatic heterocycles. The fraction of sp³-hybridized carbons (Fsp3) is 0.857. The number of nitrogens with zero attached hydrogens (tertiary/aromatic N) is 1. The molecule has 4 aliphatic rings. The Morgan fingerprint density at radius 1 is 0.983 bits per heavy atom. The van der Waals surface area contributed by atoms with E-state index >= 15 is 0 Å². The summed E-state index contributed by atoms with van der Waals surface area (Å²) in [5, 5.41) is 34.8. The number of likely N-dealkylation sites (N-methyl/N-ethyl adjacent to an activating group) is 1. The number of fused-ring (bicyclic) bond motifs is 1. The summed E-state index contributed by atoms with van der Waals surface area (Å²) >= 11 is 0. The monoisotopic (exact) mass is 843 g/mol. The van der Waals surface area contributed by atoms with Crippen molar-refractivity contribution in [3.63, 3.8) is 0 Å². The number of hydrogen-bond donors (Lipinski definition) is 3. The van der Waals surface area contributed by atoms with E-state index in [1.807, 2.05) is 20.8 Å². The molecule has 0 amide bonds. The largest absolute Gasteiger partial charge is 0.462 e. The van der Waals surface area contributed by atoms with E-state index in [1.54, 1.807) is 58.8 Å². The van der Waals surface area contributed by atoms with Crippen molar-refractivity contribution < 1.29 is 77.1 Å². The third-order valence-corrected chi connectivity index (χ3v) is 11.6. The van der Waals surface area contributed by atoms with E-state index in [1.165, 1.54) is 14.0 Å². The van der Waals surface area contributed by atoms with Crippen LogP contribution in [0.15, 0.2) is 12.2 Å². The van der Waals surface area contributed by atoms with Crippen LogP contribution in [0.25, 0.3) is 0 Å². The molecule has 0 aliphatic carbocycles. The molecule has 18 atom stereocenters. The molecule has 4 aliphatic heterocycles. The van der Waals surface area contributed by atoms with Gasteiger partial charge in [0, 0.05) is 39.7 Å². The maximum atomic E-state index is 13.3. The number of cyclic esters (lactones) is 1. The second-order valence-electron chi connectivity index (χ2n) is 17.7. The highest BCUT2D eigenvalue weighted by atomic mass is 16.7. The number of methoxy groups -OCH3 is 1. The minimum Gasteiger partial charge on any atom is -0.462 e. The fourth-order valence-corrected chi connectivity index (χ4v) is 8.62. The first-order valence-electron chi connectivity index (χ1n) is 20.9. The highest BCUT2D eigenvalue weighted by molar-refractivity contribution is 5.72. The van der Waals surface area contributed by atoms with Gasteiger partial charge in [-0.25, -0.2) is 0 Å². The van der Waals surface area contributed by atoms with Crippen molar-refractivity contribution in [2.75, 3.05) is 21.2 Å². The number of ether oxygens (including phenoxy) is 9. The average Bonchev–Trinajstić information content (AvgIpc) is 3.85. The number of aliphatic hydroxyl groups is 3. The molecule has 17 nitrogen and oxygen atoms in total. The van der Waals surface area contributed by atoms with Crippen LogP contribution >= 0.6 is 0 Å². The molecule has 18 unspecified atom stereocenters. The van der Waals surface area contributed by atoms with E-state index in [-0.39, 0.29) is 43.8 Å². The molecule has 0 aromatic carbocycles. The summed E-state index contributed by atoms with van der Waals surface area (Å²) in [5.41, 5.74) is -1.50. The van der Waals surface area contributed by atoms with Crippen LogP contribution in [0.5, 0.6) is 0 Å². The van der Waals surface area contributed by atoms with E-state index in [0.29, 0.717) is 12.7 Å². The van der Waals surface area contributed by atoms with Crippen molar-refractivity contribution in [2.45, 2.75) is 191 Å². The Labute approximate surface area is 348 Å². The third kappa shape index (κ3) is 13.5. The lowest BCUT2D eigenvalue weighted by Gasteiger charge is -2.50. The zero-order valence-electron chi connectivity index (χ0n) is 36.5. The number of esters is 3. The quantitative estimate of drug-likeness (QED) is 0.0844. The summed E-state index contributed by atoms with van der Waals surface area (Å²) < 4.78 is 54.4. The van der Waals surface area contributed by atoms with E-state index in [9.17, 15) is 34.5 Å². The molecule has 17 heteroatoms. The molecule has 3 N–H and O–H groups in total. The summed E-state index contributed by atoms with van der Waals surface area (Å²) in [7, 11) is 4.85. The van der Waals surface area contributed by atoms with Gasteiger partial charge in [-0.2, -0.15) is 0 Å². The van der Waals surface area contributed by atoms with Gasteiger partial charge in [0.25, 0.3) is 0 Å². The molecule has 3 saturated heterocycles. The summed E-state index contributed by atoms with van der Waals surface area (Å²) in [5.74, 6) is -2.85. The van der Waals surface area contributed by atoms with E-state index < -0.39 is 121 Å². The van der Waals surface area contributed by atoms with Crippen molar-refractivity contribution in [1.82, 2.24) is 4.90 Å². The predicted octanol–water partition coefficient (Wildman–Crippen LogP) is 2.22. The molecule has 0 radical (unpaired) electrons. The molecular weight excluding hydrogens is 774 g/mol. The van der Waals surface area contributed by atoms with Gasteiger partial charge < -0.3 is 67.6 Å². The number of carbonyl (C=O) groups is 4. The van der Waals surface area contributed by atoms with Crippen LogP contribution in [0.4, 0.5) is 0 Å². The molecule has 0 spiro atoms. The second kappa shape index (κ2) is 21.5. The van der Waals surface area contributed by atoms with Crippen LogP contribution < -0.4 is 0 Å². The van der Waals surface area contributed by atoms with Crippen LogP contribution in [0, 0.1) is 17.8 Å². The van der Waals surface area contributed by atoms with Crippen LogP contribution in [0.3, 0.4) is 0 Å². The van der Waals surface area contributed by atoms with Gasteiger partial charge in [-0.3, -0.25) is 14.4 Å². The lowest BCUT2D eigenvalue weighted by molar-refractivity contribution is -0.344. The molecule has 338 valence electrons. The minimum absolute atomic E-state index is 0.0481. The fourth-order valence-electron chi connectivity index (χ4n) is 8.62. The Bertz CT molecular complexity index is 1420. The first-order chi connectivity index (χ1) is 27.6. The number of aldehydes is 1. The molecule has 0 bridgehead atoms. The van der Waals surface area contributed by atoms with Crippen molar-refractivity contribution in [3.05, 3.63) is 12.2 Å². The zero-order valence-corrected chi connectivity index (χ0v) is 36.5. The van der Waals surface area contributed by atoms with Crippen LogP contribution in [0.1, 0.15) is 93.9 Å². The molecule has 4 heterocycles. The summed E-state index contributed by atoms with van der Waals surface area (Å²) in [4.78, 5) is 52.5. The Balaban J connectivity index is 1.63. The standard InChI is InChI=1S/C42H69NO16/c1-21(2)16-32(47)57-40-25(6)53-34(20-42(40,8)50)58-37-24(5)54-41(36(49)35(37)43(9)10)59-38-27(14-15-44)17-22(3)28(46)12-13-29-30(56-29)18-23(4)52-33(48)19-31(39(38)51-11)55-26(7)45/h12-13,15,21-25,27-31,34-41,46,49-50H,14,16-20H2,1-11H3. The lowest BCUT2D eigenvalue weighted by Crippen LogP contribution is -2.66. The van der Waals surface area contributed by atoms with Gasteiger partial charge in [0.2, 0.25) is 0 Å². The van der Waals surface area contributed by atoms with Crippen molar-refractivity contribution in [1.29, 1.82) is 0 Å². The van der Waals surface area contributed by atoms with Crippen LogP contribution in [-0.4, -0.2) is 163 Å². The van der Waals surface area contributed by atoms with Crippen molar-refractivity contribution in [2.24, 2.45) is 17.8 Å². The first kappa shape index (κ1) is 49.1. The molecule has 3 fully saturated rings. The summed E-state index contributed by atoms with van der Waals surface area (Å²) in [6.45, 7) is 13.5. The second-order valence-corrected chi connectivity index (χ2v) is 17.7. The number of epoxide rings is 1. The van der Waals surface area contributed by atoms with Gasteiger partial charge in [0.05, 0.1) is 43.0 Å². The predicted molar refractivity (Wildman–Crippen MR) is 209 cm³/mol.